The van der Waals surface area contributed by atoms with Gasteiger partial charge in [-0.15, -0.1) is 0 Å². The van der Waals surface area contributed by atoms with E-state index in [4.69, 9.17) is 22.2 Å². The number of hydrogen-bond donors (Lipinski definition) is 1. The molecule has 1 aliphatic carbocycles. The maximum absolute atomic E-state index is 14.0. The Bertz CT molecular complexity index is 1350. The second-order valence-electron chi connectivity index (χ2n) is 10.1. The van der Waals surface area contributed by atoms with Gasteiger partial charge in [0.2, 0.25) is 11.8 Å². The van der Waals surface area contributed by atoms with Gasteiger partial charge in [-0.25, -0.2) is 0 Å². The van der Waals surface area contributed by atoms with Crippen molar-refractivity contribution in [3.8, 4) is 0 Å². The van der Waals surface area contributed by atoms with Crippen LogP contribution in [0.5, 0.6) is 0 Å². The lowest BCUT2D eigenvalue weighted by atomic mass is 9.84. The molecule has 3 amide bonds. The first-order valence-corrected chi connectivity index (χ1v) is 13.0. The number of nitrogens with zero attached hydrogens (tertiary/aromatic N) is 2. The topological polar surface area (TPSA) is 92.9 Å². The Balaban J connectivity index is 1.58. The molecule has 4 unspecified atom stereocenters. The molecule has 3 aromatic carbocycles. The molecule has 0 spiro atoms. The van der Waals surface area contributed by atoms with Crippen molar-refractivity contribution in [3.05, 3.63) is 59.1 Å². The van der Waals surface area contributed by atoms with Crippen molar-refractivity contribution < 1.29 is 19.2 Å². The third-order valence-corrected chi connectivity index (χ3v) is 8.52. The van der Waals surface area contributed by atoms with Crippen molar-refractivity contribution in [2.24, 2.45) is 11.7 Å². The third kappa shape index (κ3) is 3.37. The number of amides is 3. The lowest BCUT2D eigenvalue weighted by Crippen LogP contribution is -2.47. The lowest BCUT2D eigenvalue weighted by Gasteiger charge is -2.34. The summed E-state index contributed by atoms with van der Waals surface area (Å²) >= 11 is 6.84. The molecule has 2 saturated heterocycles. The van der Waals surface area contributed by atoms with Gasteiger partial charge in [0.25, 0.3) is 5.91 Å². The highest BCUT2D eigenvalue weighted by Crippen LogP contribution is 2.51. The van der Waals surface area contributed by atoms with E-state index in [1.165, 1.54) is 9.96 Å². The summed E-state index contributed by atoms with van der Waals surface area (Å²) in [6.45, 7) is 1.64. The second-order valence-corrected chi connectivity index (χ2v) is 10.5. The van der Waals surface area contributed by atoms with E-state index >= 15 is 0 Å². The molecule has 2 aliphatic heterocycles. The number of benzene rings is 3. The number of imide groups is 1. The van der Waals surface area contributed by atoms with E-state index in [9.17, 15) is 14.4 Å². The summed E-state index contributed by atoms with van der Waals surface area (Å²) in [6.07, 6.45) is 3.76. The van der Waals surface area contributed by atoms with E-state index in [2.05, 4.69) is 0 Å². The molecule has 8 heteroatoms. The van der Waals surface area contributed by atoms with Crippen molar-refractivity contribution in [1.29, 1.82) is 0 Å². The zero-order valence-corrected chi connectivity index (χ0v) is 20.8. The van der Waals surface area contributed by atoms with Gasteiger partial charge in [0.15, 0.2) is 6.10 Å². The van der Waals surface area contributed by atoms with Crippen LogP contribution in [0.1, 0.15) is 50.6 Å². The molecule has 2 heterocycles. The molecule has 36 heavy (non-hydrogen) atoms. The SMILES string of the molecule is CC(C(N)=O)N1OC2C(=O)N(C3CCCCC3)C(=O)C2C1c1c2ccccc2c(Cl)c2ccccc12. The van der Waals surface area contributed by atoms with Gasteiger partial charge in [-0.2, -0.15) is 5.06 Å². The fourth-order valence-corrected chi connectivity index (χ4v) is 6.68. The quantitative estimate of drug-likeness (QED) is 0.416. The number of carbonyl (C=O) groups is 3. The summed E-state index contributed by atoms with van der Waals surface area (Å²) in [5.41, 5.74) is 6.52. The monoisotopic (exact) mass is 505 g/mol. The molecule has 6 rings (SSSR count). The highest BCUT2D eigenvalue weighted by molar-refractivity contribution is 6.41. The number of rotatable bonds is 4. The first-order valence-electron chi connectivity index (χ1n) is 12.6. The Kier molecular flexibility index (Phi) is 5.74. The van der Waals surface area contributed by atoms with E-state index in [0.29, 0.717) is 5.02 Å². The predicted molar refractivity (Wildman–Crippen MR) is 137 cm³/mol. The van der Waals surface area contributed by atoms with Crippen molar-refractivity contribution in [2.75, 3.05) is 0 Å². The number of likely N-dealkylation sites (tertiary alicyclic amines) is 1. The molecule has 186 valence electrons. The van der Waals surface area contributed by atoms with Crippen LogP contribution in [0.3, 0.4) is 0 Å². The van der Waals surface area contributed by atoms with E-state index in [-0.39, 0.29) is 17.9 Å². The Morgan fingerprint density at radius 3 is 2.06 bits per heavy atom. The molecule has 1 saturated carbocycles. The molecule has 3 aromatic rings. The molecule has 0 aromatic heterocycles. The first-order chi connectivity index (χ1) is 17.4. The summed E-state index contributed by atoms with van der Waals surface area (Å²) in [5, 5.41) is 5.48. The van der Waals surface area contributed by atoms with Gasteiger partial charge < -0.3 is 5.73 Å². The van der Waals surface area contributed by atoms with Crippen LogP contribution >= 0.6 is 11.6 Å². The van der Waals surface area contributed by atoms with Gasteiger partial charge in [0.05, 0.1) is 17.0 Å². The fourth-order valence-electron chi connectivity index (χ4n) is 6.35. The van der Waals surface area contributed by atoms with Gasteiger partial charge in [0.1, 0.15) is 6.04 Å². The molecule has 3 fully saturated rings. The van der Waals surface area contributed by atoms with Gasteiger partial charge in [0, 0.05) is 16.8 Å². The maximum Gasteiger partial charge on any atom is 0.261 e. The Morgan fingerprint density at radius 1 is 0.944 bits per heavy atom. The minimum atomic E-state index is -0.987. The van der Waals surface area contributed by atoms with Crippen molar-refractivity contribution in [1.82, 2.24) is 9.96 Å². The van der Waals surface area contributed by atoms with E-state index in [0.717, 1.165) is 59.2 Å². The predicted octanol–water partition coefficient (Wildman–Crippen LogP) is 4.49. The Morgan fingerprint density at radius 2 is 1.50 bits per heavy atom. The van der Waals surface area contributed by atoms with Crippen LogP contribution < -0.4 is 5.73 Å². The van der Waals surface area contributed by atoms with Gasteiger partial charge >= 0.3 is 0 Å². The van der Waals surface area contributed by atoms with E-state index in [1.807, 2.05) is 48.5 Å². The lowest BCUT2D eigenvalue weighted by molar-refractivity contribution is -0.197. The molecular formula is C28H28ClN3O4. The van der Waals surface area contributed by atoms with E-state index in [1.54, 1.807) is 6.92 Å². The van der Waals surface area contributed by atoms with Crippen LogP contribution in [0.25, 0.3) is 21.5 Å². The third-order valence-electron chi connectivity index (χ3n) is 8.12. The van der Waals surface area contributed by atoms with Crippen LogP contribution in [-0.2, 0) is 19.2 Å². The zero-order chi connectivity index (χ0) is 25.1. The molecule has 3 aliphatic rings. The molecule has 0 bridgehead atoms. The second kappa shape index (κ2) is 8.83. The maximum atomic E-state index is 14.0. The van der Waals surface area contributed by atoms with Gasteiger partial charge in [-0.05, 0) is 36.1 Å². The minimum Gasteiger partial charge on any atom is -0.368 e. The summed E-state index contributed by atoms with van der Waals surface area (Å²) in [4.78, 5) is 47.6. The number of halogens is 1. The van der Waals surface area contributed by atoms with Crippen LogP contribution in [0, 0.1) is 5.92 Å². The minimum absolute atomic E-state index is 0.102. The number of carbonyl (C=O) groups excluding carboxylic acids is 3. The largest absolute Gasteiger partial charge is 0.368 e. The summed E-state index contributed by atoms with van der Waals surface area (Å²) < 4.78 is 0. The number of nitrogens with two attached hydrogens (primary N) is 1. The standard InChI is InChI=1S/C28H28ClN3O4/c1-15(26(30)33)32-24(22-25(36-32)28(35)31(27(22)34)16-9-3-2-4-10-16)21-17-11-5-7-13-19(17)23(29)20-14-8-6-12-18(20)21/h5-8,11-16,22,24-25H,2-4,9-10H2,1H3,(H2,30,33). The molecule has 0 radical (unpaired) electrons. The highest BCUT2D eigenvalue weighted by Gasteiger charge is 2.62. The van der Waals surface area contributed by atoms with Crippen LogP contribution in [-0.4, -0.2) is 45.9 Å². The molecular weight excluding hydrogens is 478 g/mol. The first kappa shape index (κ1) is 23.4. The van der Waals surface area contributed by atoms with Crippen LogP contribution in [0.2, 0.25) is 5.02 Å². The smallest absolute Gasteiger partial charge is 0.261 e. The Labute approximate surface area is 214 Å². The number of primary amides is 1. The summed E-state index contributed by atoms with van der Waals surface area (Å²) in [5.74, 6) is -1.92. The zero-order valence-electron chi connectivity index (χ0n) is 20.0. The highest BCUT2D eigenvalue weighted by atomic mass is 35.5. The summed E-state index contributed by atoms with van der Waals surface area (Å²) in [7, 11) is 0. The van der Waals surface area contributed by atoms with Crippen molar-refractivity contribution >= 4 is 50.9 Å². The molecule has 7 nitrogen and oxygen atoms in total. The average molecular weight is 506 g/mol. The van der Waals surface area contributed by atoms with Crippen LogP contribution in [0.4, 0.5) is 0 Å². The van der Waals surface area contributed by atoms with Gasteiger partial charge in [-0.1, -0.05) is 79.4 Å². The summed E-state index contributed by atoms with van der Waals surface area (Å²) in [6, 6.07) is 13.8. The fraction of sp³-hybridized carbons (Fsp3) is 0.393. The molecule has 4 atom stereocenters. The molecule has 2 N–H and O–H groups in total. The van der Waals surface area contributed by atoms with Crippen LogP contribution in [0.15, 0.2) is 48.5 Å². The van der Waals surface area contributed by atoms with Gasteiger partial charge in [-0.3, -0.25) is 24.1 Å². The van der Waals surface area contributed by atoms with Crippen molar-refractivity contribution in [3.63, 3.8) is 0 Å². The normalized spacial score (nSPS) is 26.2. The number of hydrogen-bond acceptors (Lipinski definition) is 5. The Hall–Kier alpha value is -3.00. The average Bonchev–Trinajstić information content (AvgIpc) is 3.40. The van der Waals surface area contributed by atoms with Crippen molar-refractivity contribution in [2.45, 2.75) is 63.3 Å². The number of hydroxylamine groups is 2. The van der Waals surface area contributed by atoms with E-state index < -0.39 is 30.0 Å². The number of fused-ring (bicyclic) bond motifs is 3.